The number of ether oxygens (including phenoxy) is 1. The molecule has 0 aromatic carbocycles. The van der Waals surface area contributed by atoms with E-state index in [1.807, 2.05) is 24.3 Å². The standard InChI is InChI=1S/C17H22N2O3/c1-12(2)16(20)22-11-10-18-17(21)19-15-9-5-7-13-6-3-4-8-14(13)15/h3-5,7-9,12-13H,6,10-11H2,1-2H3,(H2,18,19,21). The van der Waals surface area contributed by atoms with E-state index in [9.17, 15) is 9.59 Å². The van der Waals surface area contributed by atoms with Crippen molar-refractivity contribution in [1.82, 2.24) is 10.6 Å². The van der Waals surface area contributed by atoms with Crippen LogP contribution in [0.25, 0.3) is 0 Å². The Labute approximate surface area is 130 Å². The molecule has 2 aliphatic rings. The molecule has 2 N–H and O–H groups in total. The summed E-state index contributed by atoms with van der Waals surface area (Å²) < 4.78 is 5.00. The highest BCUT2D eigenvalue weighted by Crippen LogP contribution is 2.29. The van der Waals surface area contributed by atoms with Gasteiger partial charge in [-0.25, -0.2) is 4.79 Å². The summed E-state index contributed by atoms with van der Waals surface area (Å²) in [6, 6.07) is -0.295. The molecule has 118 valence electrons. The molecular formula is C17H22N2O3. The molecule has 0 radical (unpaired) electrons. The molecule has 0 saturated heterocycles. The lowest BCUT2D eigenvalue weighted by atomic mass is 9.86. The highest BCUT2D eigenvalue weighted by atomic mass is 16.5. The van der Waals surface area contributed by atoms with Gasteiger partial charge in [-0.05, 0) is 18.1 Å². The van der Waals surface area contributed by atoms with Gasteiger partial charge in [0.15, 0.2) is 0 Å². The molecule has 0 fully saturated rings. The summed E-state index contributed by atoms with van der Waals surface area (Å²) in [6.45, 7) is 4.01. The maximum Gasteiger partial charge on any atom is 0.319 e. The lowest BCUT2D eigenvalue weighted by Gasteiger charge is -2.24. The van der Waals surface area contributed by atoms with Crippen molar-refractivity contribution in [2.75, 3.05) is 13.2 Å². The first-order chi connectivity index (χ1) is 10.6. The van der Waals surface area contributed by atoms with Crippen LogP contribution in [0.1, 0.15) is 20.3 Å². The van der Waals surface area contributed by atoms with Crippen molar-refractivity contribution < 1.29 is 14.3 Å². The second-order valence-corrected chi connectivity index (χ2v) is 5.56. The molecule has 2 rings (SSSR count). The topological polar surface area (TPSA) is 67.4 Å². The Kier molecular flexibility index (Phi) is 5.58. The van der Waals surface area contributed by atoms with E-state index in [0.29, 0.717) is 5.92 Å². The maximum atomic E-state index is 11.9. The van der Waals surface area contributed by atoms with Crippen LogP contribution in [0.4, 0.5) is 4.79 Å². The minimum atomic E-state index is -0.295. The zero-order chi connectivity index (χ0) is 15.9. The first kappa shape index (κ1) is 16.1. The van der Waals surface area contributed by atoms with Gasteiger partial charge < -0.3 is 15.4 Å². The summed E-state index contributed by atoms with van der Waals surface area (Å²) in [5.41, 5.74) is 1.93. The molecule has 1 atom stereocenters. The lowest BCUT2D eigenvalue weighted by molar-refractivity contribution is -0.147. The highest BCUT2D eigenvalue weighted by Gasteiger charge is 2.19. The maximum absolute atomic E-state index is 11.9. The fraction of sp³-hybridized carbons (Fsp3) is 0.412. The molecule has 0 aromatic heterocycles. The summed E-state index contributed by atoms with van der Waals surface area (Å²) in [5, 5.41) is 5.53. The van der Waals surface area contributed by atoms with Crippen LogP contribution in [0.15, 0.2) is 47.7 Å². The van der Waals surface area contributed by atoms with E-state index in [0.717, 1.165) is 17.7 Å². The number of rotatable bonds is 5. The van der Waals surface area contributed by atoms with Gasteiger partial charge in [0.05, 0.1) is 12.5 Å². The van der Waals surface area contributed by atoms with E-state index in [-0.39, 0.29) is 31.1 Å². The third-order valence-corrected chi connectivity index (χ3v) is 3.47. The average Bonchev–Trinajstić information content (AvgIpc) is 2.51. The second-order valence-electron chi connectivity index (χ2n) is 5.56. The summed E-state index contributed by atoms with van der Waals surface area (Å²) in [7, 11) is 0. The van der Waals surface area contributed by atoms with E-state index in [4.69, 9.17) is 4.74 Å². The Morgan fingerprint density at radius 3 is 2.91 bits per heavy atom. The number of carbonyl (C=O) groups excluding carboxylic acids is 2. The minimum absolute atomic E-state index is 0.156. The Morgan fingerprint density at radius 1 is 1.32 bits per heavy atom. The molecule has 0 spiro atoms. The molecule has 0 aliphatic heterocycles. The first-order valence-corrected chi connectivity index (χ1v) is 7.55. The third-order valence-electron chi connectivity index (χ3n) is 3.47. The molecule has 0 aromatic rings. The molecule has 22 heavy (non-hydrogen) atoms. The Bertz CT molecular complexity index is 556. The fourth-order valence-corrected chi connectivity index (χ4v) is 2.26. The van der Waals surface area contributed by atoms with E-state index in [1.165, 1.54) is 0 Å². The summed E-state index contributed by atoms with van der Waals surface area (Å²) in [4.78, 5) is 23.2. The third kappa shape index (κ3) is 4.35. The number of hydrogen-bond donors (Lipinski definition) is 2. The zero-order valence-electron chi connectivity index (χ0n) is 13.0. The number of nitrogens with one attached hydrogen (secondary N) is 2. The number of urea groups is 1. The molecule has 5 nitrogen and oxygen atoms in total. The van der Waals surface area contributed by atoms with Gasteiger partial charge in [-0.15, -0.1) is 0 Å². The number of esters is 1. The molecule has 1 unspecified atom stereocenters. The monoisotopic (exact) mass is 302 g/mol. The highest BCUT2D eigenvalue weighted by molar-refractivity contribution is 5.77. The van der Waals surface area contributed by atoms with Crippen LogP contribution in [-0.2, 0) is 9.53 Å². The van der Waals surface area contributed by atoms with Crippen LogP contribution >= 0.6 is 0 Å². The molecule has 5 heteroatoms. The van der Waals surface area contributed by atoms with E-state index in [2.05, 4.69) is 22.8 Å². The Balaban J connectivity index is 1.76. The smallest absolute Gasteiger partial charge is 0.319 e. The quantitative estimate of drug-likeness (QED) is 0.605. The van der Waals surface area contributed by atoms with Gasteiger partial charge >= 0.3 is 12.0 Å². The lowest BCUT2D eigenvalue weighted by Crippen LogP contribution is -2.38. The Morgan fingerprint density at radius 2 is 2.14 bits per heavy atom. The van der Waals surface area contributed by atoms with Crippen molar-refractivity contribution in [2.45, 2.75) is 20.3 Å². The summed E-state index contributed by atoms with van der Waals surface area (Å²) in [5.74, 6) is -0.0853. The van der Waals surface area contributed by atoms with E-state index < -0.39 is 0 Å². The largest absolute Gasteiger partial charge is 0.464 e. The predicted octanol–water partition coefficient (Wildman–Crippen LogP) is 2.44. The second kappa shape index (κ2) is 7.64. The van der Waals surface area contributed by atoms with Crippen LogP contribution in [0.2, 0.25) is 0 Å². The molecular weight excluding hydrogens is 280 g/mol. The molecule has 0 heterocycles. The summed E-state index contributed by atoms with van der Waals surface area (Å²) in [6.07, 6.45) is 13.1. The van der Waals surface area contributed by atoms with Crippen LogP contribution < -0.4 is 10.6 Å². The molecule has 0 bridgehead atoms. The number of fused-ring (bicyclic) bond motifs is 1. The van der Waals surface area contributed by atoms with Crippen molar-refractivity contribution in [2.24, 2.45) is 11.8 Å². The number of amides is 2. The molecule has 0 saturated carbocycles. The predicted molar refractivity (Wildman–Crippen MR) is 84.9 cm³/mol. The van der Waals surface area contributed by atoms with Crippen molar-refractivity contribution >= 4 is 12.0 Å². The Hall–Kier alpha value is -2.30. The van der Waals surface area contributed by atoms with Crippen molar-refractivity contribution in [1.29, 1.82) is 0 Å². The van der Waals surface area contributed by atoms with Crippen LogP contribution in [0.3, 0.4) is 0 Å². The van der Waals surface area contributed by atoms with Crippen molar-refractivity contribution in [3.05, 3.63) is 47.7 Å². The van der Waals surface area contributed by atoms with Gasteiger partial charge in [-0.1, -0.05) is 44.2 Å². The van der Waals surface area contributed by atoms with E-state index >= 15 is 0 Å². The number of hydrogen-bond acceptors (Lipinski definition) is 3. The van der Waals surface area contributed by atoms with Gasteiger partial charge in [0.2, 0.25) is 0 Å². The SMILES string of the molecule is CC(C)C(=O)OCCNC(=O)NC1=CC=CC2CC=CC=C12. The first-order valence-electron chi connectivity index (χ1n) is 7.55. The van der Waals surface area contributed by atoms with Gasteiger partial charge in [0, 0.05) is 11.6 Å². The van der Waals surface area contributed by atoms with Gasteiger partial charge in [0.1, 0.15) is 6.61 Å². The van der Waals surface area contributed by atoms with Gasteiger partial charge in [0.25, 0.3) is 0 Å². The molecule has 2 aliphatic carbocycles. The van der Waals surface area contributed by atoms with Crippen LogP contribution in [0.5, 0.6) is 0 Å². The average molecular weight is 302 g/mol. The van der Waals surface area contributed by atoms with Gasteiger partial charge in [-0.2, -0.15) is 0 Å². The summed E-state index contributed by atoms with van der Waals surface area (Å²) >= 11 is 0. The number of allylic oxidation sites excluding steroid dienone is 7. The van der Waals surface area contributed by atoms with Gasteiger partial charge in [-0.3, -0.25) is 4.79 Å². The molecule has 2 amide bonds. The van der Waals surface area contributed by atoms with Crippen LogP contribution in [-0.4, -0.2) is 25.2 Å². The normalized spacial score (nSPS) is 19.1. The van der Waals surface area contributed by atoms with E-state index in [1.54, 1.807) is 13.8 Å². The van der Waals surface area contributed by atoms with Crippen LogP contribution in [0, 0.1) is 11.8 Å². The fourth-order valence-electron chi connectivity index (χ4n) is 2.26. The minimum Gasteiger partial charge on any atom is -0.464 e. The number of carbonyl (C=O) groups is 2. The van der Waals surface area contributed by atoms with Crippen molar-refractivity contribution in [3.8, 4) is 0 Å². The zero-order valence-corrected chi connectivity index (χ0v) is 13.0. The van der Waals surface area contributed by atoms with Crippen molar-refractivity contribution in [3.63, 3.8) is 0 Å².